The molecule has 30 heavy (non-hydrogen) atoms. The summed E-state index contributed by atoms with van der Waals surface area (Å²) in [5.41, 5.74) is 4.87. The second-order valence-corrected chi connectivity index (χ2v) is 6.40. The van der Waals surface area contributed by atoms with Gasteiger partial charge in [0.1, 0.15) is 18.2 Å². The van der Waals surface area contributed by atoms with E-state index in [1.54, 1.807) is 19.1 Å². The summed E-state index contributed by atoms with van der Waals surface area (Å²) in [5, 5.41) is 6.31. The summed E-state index contributed by atoms with van der Waals surface area (Å²) in [5.74, 6) is -1.56. The number of hydrazone groups is 1. The average Bonchev–Trinajstić information content (AvgIpc) is 2.78. The highest BCUT2D eigenvalue weighted by Gasteiger charge is 2.13. The highest BCUT2D eigenvalue weighted by atomic mass is 19.1. The molecule has 0 spiro atoms. The number of nitrogens with one attached hydrogen (secondary N) is 2. The van der Waals surface area contributed by atoms with Crippen LogP contribution in [-0.4, -0.2) is 17.5 Å². The second kappa shape index (κ2) is 9.97. The highest BCUT2D eigenvalue weighted by Crippen LogP contribution is 2.15. The molecule has 0 aromatic heterocycles. The van der Waals surface area contributed by atoms with Crippen molar-refractivity contribution in [2.75, 3.05) is 5.32 Å². The van der Waals surface area contributed by atoms with Crippen LogP contribution in [0.1, 0.15) is 18.1 Å². The first-order valence-electron chi connectivity index (χ1n) is 9.19. The Balaban J connectivity index is 1.52. The van der Waals surface area contributed by atoms with Crippen molar-refractivity contribution < 1.29 is 18.7 Å². The number of benzene rings is 3. The maximum absolute atomic E-state index is 12.9. The van der Waals surface area contributed by atoms with E-state index in [0.717, 1.165) is 11.1 Å². The van der Waals surface area contributed by atoms with Gasteiger partial charge in [0.25, 0.3) is 0 Å². The number of carbonyl (C=O) groups excluding carboxylic acids is 2. The summed E-state index contributed by atoms with van der Waals surface area (Å²) in [6, 6.07) is 22.1. The number of halogens is 1. The third kappa shape index (κ3) is 6.00. The van der Waals surface area contributed by atoms with Crippen molar-refractivity contribution in [2.45, 2.75) is 13.5 Å². The van der Waals surface area contributed by atoms with Gasteiger partial charge in [-0.3, -0.25) is 9.59 Å². The predicted octanol–water partition coefficient (Wildman–Crippen LogP) is 3.88. The van der Waals surface area contributed by atoms with E-state index in [1.807, 2.05) is 42.5 Å². The Hall–Kier alpha value is -4.00. The normalized spacial score (nSPS) is 10.9. The molecule has 0 aliphatic carbocycles. The van der Waals surface area contributed by atoms with Crippen molar-refractivity contribution in [1.29, 1.82) is 0 Å². The molecular weight excluding hydrogens is 385 g/mol. The van der Waals surface area contributed by atoms with E-state index in [-0.39, 0.29) is 0 Å². The fourth-order valence-corrected chi connectivity index (χ4v) is 2.50. The molecule has 3 rings (SSSR count). The third-order valence-electron chi connectivity index (χ3n) is 4.15. The molecule has 6 nitrogen and oxygen atoms in total. The summed E-state index contributed by atoms with van der Waals surface area (Å²) in [6.07, 6.45) is 0. The van der Waals surface area contributed by atoms with Crippen LogP contribution in [0.15, 0.2) is 84.0 Å². The Labute approximate surface area is 173 Å². The van der Waals surface area contributed by atoms with E-state index >= 15 is 0 Å². The van der Waals surface area contributed by atoms with E-state index in [9.17, 15) is 14.0 Å². The Kier molecular flexibility index (Phi) is 6.89. The fraction of sp³-hybridized carbons (Fsp3) is 0.0870. The van der Waals surface area contributed by atoms with Crippen LogP contribution in [-0.2, 0) is 16.2 Å². The van der Waals surface area contributed by atoms with Crippen LogP contribution >= 0.6 is 0 Å². The van der Waals surface area contributed by atoms with Gasteiger partial charge < -0.3 is 10.1 Å². The number of nitrogens with zero attached hydrogens (tertiary/aromatic N) is 1. The minimum Gasteiger partial charge on any atom is -0.489 e. The Morgan fingerprint density at radius 2 is 1.57 bits per heavy atom. The SMILES string of the molecule is C/C(=N\NC(=O)C(=O)Nc1ccc(F)cc1)c1ccc(OCc2ccccc2)cc1. The average molecular weight is 405 g/mol. The summed E-state index contributed by atoms with van der Waals surface area (Å²) in [7, 11) is 0. The maximum atomic E-state index is 12.9. The molecule has 3 aromatic rings. The fourth-order valence-electron chi connectivity index (χ4n) is 2.50. The van der Waals surface area contributed by atoms with Crippen LogP contribution in [0.5, 0.6) is 5.75 Å². The second-order valence-electron chi connectivity index (χ2n) is 6.40. The lowest BCUT2D eigenvalue weighted by molar-refractivity contribution is -0.136. The van der Waals surface area contributed by atoms with Crippen LogP contribution in [0, 0.1) is 5.82 Å². The molecule has 0 saturated heterocycles. The third-order valence-corrected chi connectivity index (χ3v) is 4.15. The first-order valence-corrected chi connectivity index (χ1v) is 9.19. The smallest absolute Gasteiger partial charge is 0.329 e. The number of anilines is 1. The number of rotatable bonds is 6. The predicted molar refractivity (Wildman–Crippen MR) is 113 cm³/mol. The van der Waals surface area contributed by atoms with Crippen LogP contribution in [0.2, 0.25) is 0 Å². The van der Waals surface area contributed by atoms with Crippen LogP contribution in [0.25, 0.3) is 0 Å². The van der Waals surface area contributed by atoms with Crippen molar-refractivity contribution in [3.05, 3.63) is 95.8 Å². The van der Waals surface area contributed by atoms with Gasteiger partial charge in [-0.05, 0) is 66.6 Å². The highest BCUT2D eigenvalue weighted by molar-refractivity contribution is 6.39. The van der Waals surface area contributed by atoms with Gasteiger partial charge in [0.2, 0.25) is 0 Å². The Morgan fingerprint density at radius 3 is 2.23 bits per heavy atom. The zero-order valence-electron chi connectivity index (χ0n) is 16.3. The van der Waals surface area contributed by atoms with Gasteiger partial charge in [0.05, 0.1) is 5.71 Å². The molecule has 7 heteroatoms. The number of ether oxygens (including phenoxy) is 1. The van der Waals surface area contributed by atoms with Crippen LogP contribution in [0.3, 0.4) is 0 Å². The number of amides is 2. The molecule has 2 amide bonds. The van der Waals surface area contributed by atoms with Gasteiger partial charge >= 0.3 is 11.8 Å². The lowest BCUT2D eigenvalue weighted by Gasteiger charge is -2.08. The molecule has 0 radical (unpaired) electrons. The van der Waals surface area contributed by atoms with E-state index in [1.165, 1.54) is 24.3 Å². The topological polar surface area (TPSA) is 79.8 Å². The molecule has 0 aliphatic heterocycles. The summed E-state index contributed by atoms with van der Waals surface area (Å²) < 4.78 is 18.6. The largest absolute Gasteiger partial charge is 0.489 e. The first kappa shape index (κ1) is 20.7. The minimum atomic E-state index is -0.929. The maximum Gasteiger partial charge on any atom is 0.329 e. The standard InChI is InChI=1S/C23H20FN3O3/c1-16(26-27-23(29)22(28)25-20-11-9-19(24)10-12-20)18-7-13-21(14-8-18)30-15-17-5-3-2-4-6-17/h2-14H,15H2,1H3,(H,25,28)(H,27,29)/b26-16+. The van der Waals surface area contributed by atoms with Crippen molar-refractivity contribution in [3.63, 3.8) is 0 Å². The number of carbonyl (C=O) groups is 2. The van der Waals surface area contributed by atoms with Crippen molar-refractivity contribution >= 4 is 23.2 Å². The van der Waals surface area contributed by atoms with E-state index in [0.29, 0.717) is 23.8 Å². The molecule has 0 atom stereocenters. The molecule has 0 unspecified atom stereocenters. The number of hydrogen-bond acceptors (Lipinski definition) is 4. The molecule has 0 fully saturated rings. The van der Waals surface area contributed by atoms with Gasteiger partial charge in [-0.2, -0.15) is 5.10 Å². The molecule has 0 bridgehead atoms. The quantitative estimate of drug-likeness (QED) is 0.371. The number of hydrogen-bond donors (Lipinski definition) is 2. The molecule has 3 aromatic carbocycles. The van der Waals surface area contributed by atoms with Crippen LogP contribution in [0.4, 0.5) is 10.1 Å². The zero-order valence-corrected chi connectivity index (χ0v) is 16.3. The molecule has 0 heterocycles. The van der Waals surface area contributed by atoms with Gasteiger partial charge in [-0.25, -0.2) is 9.82 Å². The van der Waals surface area contributed by atoms with Crippen LogP contribution < -0.4 is 15.5 Å². The van der Waals surface area contributed by atoms with E-state index in [2.05, 4.69) is 15.8 Å². The Morgan fingerprint density at radius 1 is 0.900 bits per heavy atom. The lowest BCUT2D eigenvalue weighted by Crippen LogP contribution is -2.32. The summed E-state index contributed by atoms with van der Waals surface area (Å²) in [6.45, 7) is 2.17. The van der Waals surface area contributed by atoms with Crippen molar-refractivity contribution in [2.24, 2.45) is 5.10 Å². The molecule has 0 saturated carbocycles. The minimum absolute atomic E-state index is 0.309. The van der Waals surface area contributed by atoms with Gasteiger partial charge in [0.15, 0.2) is 0 Å². The summed E-state index contributed by atoms with van der Waals surface area (Å²) >= 11 is 0. The zero-order chi connectivity index (χ0) is 21.3. The molecule has 2 N–H and O–H groups in total. The lowest BCUT2D eigenvalue weighted by atomic mass is 10.1. The Bertz CT molecular complexity index is 1030. The summed E-state index contributed by atoms with van der Waals surface area (Å²) in [4.78, 5) is 23.8. The van der Waals surface area contributed by atoms with E-state index in [4.69, 9.17) is 4.74 Å². The van der Waals surface area contributed by atoms with Crippen molar-refractivity contribution in [3.8, 4) is 5.75 Å². The van der Waals surface area contributed by atoms with Gasteiger partial charge in [0, 0.05) is 5.69 Å². The molecule has 0 aliphatic rings. The van der Waals surface area contributed by atoms with Gasteiger partial charge in [-0.1, -0.05) is 30.3 Å². The monoisotopic (exact) mass is 405 g/mol. The van der Waals surface area contributed by atoms with E-state index < -0.39 is 17.6 Å². The van der Waals surface area contributed by atoms with Crippen molar-refractivity contribution in [1.82, 2.24) is 5.43 Å². The van der Waals surface area contributed by atoms with Gasteiger partial charge in [-0.15, -0.1) is 0 Å². The molecule has 152 valence electrons. The molecular formula is C23H20FN3O3. The first-order chi connectivity index (χ1) is 14.5.